The Morgan fingerprint density at radius 2 is 2.10 bits per heavy atom. The lowest BCUT2D eigenvalue weighted by molar-refractivity contribution is -0.143. The Kier molecular flexibility index (Phi) is 8.80. The fourth-order valence-corrected chi connectivity index (χ4v) is 2.05. The van der Waals surface area contributed by atoms with Crippen molar-refractivity contribution in [3.8, 4) is 0 Å². The quantitative estimate of drug-likeness (QED) is 0.426. The molecular weight excluding hydrogens is 384 g/mol. The van der Waals surface area contributed by atoms with Crippen LogP contribution >= 0.6 is 24.0 Å². The molecule has 4 nitrogen and oxygen atoms in total. The maximum Gasteiger partial charge on any atom is 0.401 e. The standard InChI is InChI=1S/C12H23F3N4.HI/c1-4-9(2)17-11(16-3)18-10-5-6-19(7-10)8-12(13,14)15;/h9-10H,4-8H2,1-3H3,(H2,16,17,18);1H. The molecule has 0 aliphatic carbocycles. The molecule has 2 unspecified atom stereocenters. The predicted octanol–water partition coefficient (Wildman–Crippen LogP) is 2.20. The van der Waals surface area contributed by atoms with Gasteiger partial charge in [0.25, 0.3) is 0 Å². The summed E-state index contributed by atoms with van der Waals surface area (Å²) in [6.45, 7) is 4.14. The van der Waals surface area contributed by atoms with Crippen molar-refractivity contribution in [1.82, 2.24) is 15.5 Å². The Morgan fingerprint density at radius 3 is 2.60 bits per heavy atom. The topological polar surface area (TPSA) is 39.7 Å². The van der Waals surface area contributed by atoms with E-state index >= 15 is 0 Å². The fraction of sp³-hybridized carbons (Fsp3) is 0.917. The summed E-state index contributed by atoms with van der Waals surface area (Å²) >= 11 is 0. The van der Waals surface area contributed by atoms with E-state index in [1.165, 1.54) is 4.90 Å². The summed E-state index contributed by atoms with van der Waals surface area (Å²) in [5.41, 5.74) is 0. The predicted molar refractivity (Wildman–Crippen MR) is 85.7 cm³/mol. The zero-order valence-corrected chi connectivity index (χ0v) is 14.5. The maximum atomic E-state index is 12.3. The smallest absolute Gasteiger partial charge is 0.354 e. The largest absolute Gasteiger partial charge is 0.401 e. The molecule has 1 aliphatic heterocycles. The molecule has 1 rings (SSSR count). The van der Waals surface area contributed by atoms with Gasteiger partial charge < -0.3 is 10.6 Å². The van der Waals surface area contributed by atoms with Crippen LogP contribution in [0, 0.1) is 0 Å². The van der Waals surface area contributed by atoms with Crippen molar-refractivity contribution in [2.75, 3.05) is 26.7 Å². The van der Waals surface area contributed by atoms with E-state index < -0.39 is 12.7 Å². The van der Waals surface area contributed by atoms with E-state index in [0.29, 0.717) is 31.5 Å². The molecule has 2 N–H and O–H groups in total. The van der Waals surface area contributed by atoms with Crippen LogP contribution in [0.3, 0.4) is 0 Å². The van der Waals surface area contributed by atoms with Gasteiger partial charge in [-0.25, -0.2) is 0 Å². The number of rotatable bonds is 4. The minimum atomic E-state index is -4.12. The second kappa shape index (κ2) is 8.91. The summed E-state index contributed by atoms with van der Waals surface area (Å²) in [6.07, 6.45) is -2.45. The highest BCUT2D eigenvalue weighted by molar-refractivity contribution is 14.0. The van der Waals surface area contributed by atoms with Crippen LogP contribution in [-0.4, -0.2) is 55.8 Å². The molecule has 0 aromatic rings. The van der Waals surface area contributed by atoms with E-state index in [1.807, 2.05) is 6.92 Å². The summed E-state index contributed by atoms with van der Waals surface area (Å²) in [5.74, 6) is 0.660. The molecule has 0 aromatic heterocycles. The van der Waals surface area contributed by atoms with Crippen molar-refractivity contribution < 1.29 is 13.2 Å². The van der Waals surface area contributed by atoms with Gasteiger partial charge in [-0.3, -0.25) is 9.89 Å². The van der Waals surface area contributed by atoms with Crippen LogP contribution in [-0.2, 0) is 0 Å². The van der Waals surface area contributed by atoms with Gasteiger partial charge in [-0.2, -0.15) is 13.2 Å². The molecule has 0 bridgehead atoms. The molecule has 1 heterocycles. The first-order valence-electron chi connectivity index (χ1n) is 6.63. The summed E-state index contributed by atoms with van der Waals surface area (Å²) in [7, 11) is 1.67. The monoisotopic (exact) mass is 408 g/mol. The third-order valence-corrected chi connectivity index (χ3v) is 3.24. The molecule has 1 aliphatic rings. The van der Waals surface area contributed by atoms with E-state index in [4.69, 9.17) is 0 Å². The van der Waals surface area contributed by atoms with Crippen LogP contribution in [0.1, 0.15) is 26.7 Å². The van der Waals surface area contributed by atoms with Gasteiger partial charge in [-0.05, 0) is 19.8 Å². The molecular formula is C12H24F3IN4. The number of halogens is 4. The number of hydrogen-bond donors (Lipinski definition) is 2. The molecule has 8 heteroatoms. The maximum absolute atomic E-state index is 12.3. The minimum Gasteiger partial charge on any atom is -0.354 e. The first kappa shape index (κ1) is 19.8. The third kappa shape index (κ3) is 7.51. The lowest BCUT2D eigenvalue weighted by Gasteiger charge is -2.21. The van der Waals surface area contributed by atoms with E-state index in [0.717, 1.165) is 6.42 Å². The highest BCUT2D eigenvalue weighted by Gasteiger charge is 2.34. The lowest BCUT2D eigenvalue weighted by atomic mass is 10.2. The number of nitrogens with zero attached hydrogens (tertiary/aromatic N) is 2. The van der Waals surface area contributed by atoms with Crippen LogP contribution in [0.25, 0.3) is 0 Å². The van der Waals surface area contributed by atoms with Gasteiger partial charge >= 0.3 is 6.18 Å². The van der Waals surface area contributed by atoms with Gasteiger partial charge in [-0.1, -0.05) is 6.92 Å². The molecule has 0 saturated carbocycles. The van der Waals surface area contributed by atoms with Crippen LogP contribution in [0.4, 0.5) is 13.2 Å². The molecule has 2 atom stereocenters. The van der Waals surface area contributed by atoms with Crippen LogP contribution in [0.2, 0.25) is 0 Å². The summed E-state index contributed by atoms with van der Waals surface area (Å²) < 4.78 is 36.8. The van der Waals surface area contributed by atoms with Crippen molar-refractivity contribution >= 4 is 29.9 Å². The Balaban J connectivity index is 0.00000361. The average molecular weight is 408 g/mol. The summed E-state index contributed by atoms with van der Waals surface area (Å²) in [6, 6.07) is 0.316. The van der Waals surface area contributed by atoms with Gasteiger partial charge in [-0.15, -0.1) is 24.0 Å². The fourth-order valence-electron chi connectivity index (χ4n) is 2.05. The molecule has 0 spiro atoms. The second-order valence-corrected chi connectivity index (χ2v) is 5.01. The van der Waals surface area contributed by atoms with Crippen LogP contribution < -0.4 is 10.6 Å². The average Bonchev–Trinajstić information content (AvgIpc) is 2.72. The van der Waals surface area contributed by atoms with Gasteiger partial charge in [0, 0.05) is 32.2 Å². The van der Waals surface area contributed by atoms with E-state index in [1.54, 1.807) is 7.05 Å². The van der Waals surface area contributed by atoms with Gasteiger partial charge in [0.1, 0.15) is 0 Å². The Bertz CT molecular complexity index is 310. The number of likely N-dealkylation sites (tertiary alicyclic amines) is 1. The first-order chi connectivity index (χ1) is 8.84. The lowest BCUT2D eigenvalue weighted by Crippen LogP contribution is -2.47. The highest BCUT2D eigenvalue weighted by Crippen LogP contribution is 2.19. The highest BCUT2D eigenvalue weighted by atomic mass is 127. The van der Waals surface area contributed by atoms with Crippen LogP contribution in [0.15, 0.2) is 4.99 Å². The molecule has 1 saturated heterocycles. The minimum absolute atomic E-state index is 0. The Morgan fingerprint density at radius 1 is 1.45 bits per heavy atom. The van der Waals surface area contributed by atoms with E-state index in [-0.39, 0.29) is 30.0 Å². The number of guanidine groups is 1. The molecule has 0 radical (unpaired) electrons. The van der Waals surface area contributed by atoms with Crippen molar-refractivity contribution in [2.45, 2.75) is 44.9 Å². The molecule has 0 aromatic carbocycles. The van der Waals surface area contributed by atoms with Crippen molar-refractivity contribution in [1.29, 1.82) is 0 Å². The van der Waals surface area contributed by atoms with Gasteiger partial charge in [0.15, 0.2) is 5.96 Å². The van der Waals surface area contributed by atoms with Crippen molar-refractivity contribution in [2.24, 2.45) is 4.99 Å². The van der Waals surface area contributed by atoms with E-state index in [2.05, 4.69) is 22.5 Å². The number of nitrogens with one attached hydrogen (secondary N) is 2. The Labute approximate surface area is 135 Å². The zero-order valence-electron chi connectivity index (χ0n) is 12.1. The summed E-state index contributed by atoms with van der Waals surface area (Å²) in [5, 5.41) is 6.38. The number of hydrogen-bond acceptors (Lipinski definition) is 2. The SMILES string of the molecule is CCC(C)NC(=NC)NC1CCN(CC(F)(F)F)C1.I. The molecule has 20 heavy (non-hydrogen) atoms. The second-order valence-electron chi connectivity index (χ2n) is 5.01. The van der Waals surface area contributed by atoms with Gasteiger partial charge in [0.05, 0.1) is 6.54 Å². The van der Waals surface area contributed by atoms with Crippen molar-refractivity contribution in [3.05, 3.63) is 0 Å². The first-order valence-corrected chi connectivity index (χ1v) is 6.63. The zero-order chi connectivity index (χ0) is 14.5. The number of aliphatic imine (C=N–C) groups is 1. The molecule has 1 fully saturated rings. The van der Waals surface area contributed by atoms with Crippen LogP contribution in [0.5, 0.6) is 0 Å². The number of alkyl halides is 3. The van der Waals surface area contributed by atoms with Gasteiger partial charge in [0.2, 0.25) is 0 Å². The summed E-state index contributed by atoms with van der Waals surface area (Å²) in [4.78, 5) is 5.52. The normalized spacial score (nSPS) is 22.3. The Hall–Kier alpha value is -0.250. The van der Waals surface area contributed by atoms with Crippen molar-refractivity contribution in [3.63, 3.8) is 0 Å². The molecule has 0 amide bonds. The van der Waals surface area contributed by atoms with E-state index in [9.17, 15) is 13.2 Å². The third-order valence-electron chi connectivity index (χ3n) is 3.24. The molecule has 120 valence electrons.